The molecule has 1 unspecified atom stereocenters. The minimum atomic E-state index is -0.956. The van der Waals surface area contributed by atoms with Gasteiger partial charge in [0, 0.05) is 6.54 Å². The normalized spacial score (nSPS) is 15.9. The Labute approximate surface area is 111 Å². The Morgan fingerprint density at radius 1 is 1.53 bits per heavy atom. The van der Waals surface area contributed by atoms with Crippen LogP contribution in [0.2, 0.25) is 0 Å². The fraction of sp³-hybridized carbons (Fsp3) is 0.462. The zero-order chi connectivity index (χ0) is 13.8. The Morgan fingerprint density at radius 2 is 2.32 bits per heavy atom. The molecule has 1 atom stereocenters. The highest BCUT2D eigenvalue weighted by Crippen LogP contribution is 2.33. The average molecular weight is 266 g/mol. The van der Waals surface area contributed by atoms with Gasteiger partial charge in [0.05, 0.1) is 24.9 Å². The number of anilines is 1. The number of aliphatic hydroxyl groups is 2. The van der Waals surface area contributed by atoms with Crippen molar-refractivity contribution in [1.29, 1.82) is 0 Å². The minimum absolute atomic E-state index is 0.0451. The number of carbonyl (C=O) groups is 1. The fourth-order valence-electron chi connectivity index (χ4n) is 2.03. The first-order chi connectivity index (χ1) is 9.15. The first kappa shape index (κ1) is 13.8. The maximum Gasteiger partial charge on any atom is 0.265 e. The number of nitrogens with one attached hydrogen (secondary N) is 1. The number of ether oxygens (including phenoxy) is 1. The second-order valence-electron chi connectivity index (χ2n) is 4.46. The lowest BCUT2D eigenvalue weighted by Crippen LogP contribution is -2.44. The van der Waals surface area contributed by atoms with Crippen LogP contribution in [0, 0.1) is 0 Å². The molecule has 0 saturated carbocycles. The molecule has 104 valence electrons. The SMILES string of the molecule is CNCc1ccc2c(c1)N(CC(O)CO)C(=O)CO2. The van der Waals surface area contributed by atoms with Gasteiger partial charge in [-0.05, 0) is 24.7 Å². The van der Waals surface area contributed by atoms with E-state index in [1.165, 1.54) is 4.90 Å². The number of β-amino-alcohol motifs (C(OH)–C–C–N with tert-alkyl or cyclic N) is 1. The molecule has 1 aromatic carbocycles. The molecule has 2 rings (SSSR count). The fourth-order valence-corrected chi connectivity index (χ4v) is 2.03. The van der Waals surface area contributed by atoms with Crippen molar-refractivity contribution in [2.45, 2.75) is 12.6 Å². The highest BCUT2D eigenvalue weighted by atomic mass is 16.5. The number of carbonyl (C=O) groups excluding carboxylic acids is 1. The third-order valence-electron chi connectivity index (χ3n) is 2.95. The summed E-state index contributed by atoms with van der Waals surface area (Å²) in [4.78, 5) is 13.3. The number of benzene rings is 1. The Morgan fingerprint density at radius 3 is 3.00 bits per heavy atom. The molecule has 1 aliphatic rings. The Bertz CT molecular complexity index is 464. The smallest absolute Gasteiger partial charge is 0.265 e. The molecule has 0 aromatic heterocycles. The summed E-state index contributed by atoms with van der Waals surface area (Å²) in [7, 11) is 1.84. The van der Waals surface area contributed by atoms with Crippen molar-refractivity contribution in [3.05, 3.63) is 23.8 Å². The van der Waals surface area contributed by atoms with Gasteiger partial charge in [0.25, 0.3) is 5.91 Å². The first-order valence-electron chi connectivity index (χ1n) is 6.15. The molecule has 1 amide bonds. The summed E-state index contributed by atoms with van der Waals surface area (Å²) < 4.78 is 5.36. The van der Waals surface area contributed by atoms with E-state index in [4.69, 9.17) is 9.84 Å². The largest absolute Gasteiger partial charge is 0.482 e. The highest BCUT2D eigenvalue weighted by molar-refractivity contribution is 5.98. The van der Waals surface area contributed by atoms with Gasteiger partial charge in [-0.25, -0.2) is 0 Å². The van der Waals surface area contributed by atoms with Crippen LogP contribution in [0.1, 0.15) is 5.56 Å². The number of fused-ring (bicyclic) bond motifs is 1. The zero-order valence-electron chi connectivity index (χ0n) is 10.8. The van der Waals surface area contributed by atoms with Crippen molar-refractivity contribution >= 4 is 11.6 Å². The van der Waals surface area contributed by atoms with E-state index < -0.39 is 6.10 Å². The summed E-state index contributed by atoms with van der Waals surface area (Å²) in [5.74, 6) is 0.395. The van der Waals surface area contributed by atoms with Gasteiger partial charge in [0.15, 0.2) is 6.61 Å². The predicted octanol–water partition coefficient (Wildman–Crippen LogP) is -0.515. The van der Waals surface area contributed by atoms with Crippen molar-refractivity contribution < 1.29 is 19.7 Å². The van der Waals surface area contributed by atoms with Crippen molar-refractivity contribution in [2.75, 3.05) is 31.7 Å². The molecule has 1 heterocycles. The van der Waals surface area contributed by atoms with E-state index >= 15 is 0 Å². The Balaban J connectivity index is 2.30. The summed E-state index contributed by atoms with van der Waals surface area (Å²) in [6, 6.07) is 5.59. The van der Waals surface area contributed by atoms with Crippen LogP contribution in [-0.2, 0) is 11.3 Å². The molecule has 0 bridgehead atoms. The lowest BCUT2D eigenvalue weighted by Gasteiger charge is -2.31. The van der Waals surface area contributed by atoms with Crippen LogP contribution in [0.3, 0.4) is 0 Å². The molecule has 0 spiro atoms. The maximum absolute atomic E-state index is 11.9. The van der Waals surface area contributed by atoms with Crippen LogP contribution in [-0.4, -0.2) is 49.0 Å². The molecule has 0 aliphatic carbocycles. The first-order valence-corrected chi connectivity index (χ1v) is 6.15. The van der Waals surface area contributed by atoms with Crippen molar-refractivity contribution in [3.8, 4) is 5.75 Å². The van der Waals surface area contributed by atoms with E-state index in [2.05, 4.69) is 5.32 Å². The number of hydrogen-bond donors (Lipinski definition) is 3. The molecule has 6 heteroatoms. The summed E-state index contributed by atoms with van der Waals surface area (Å²) in [5.41, 5.74) is 1.65. The van der Waals surface area contributed by atoms with Gasteiger partial charge < -0.3 is 25.2 Å². The molecule has 0 saturated heterocycles. The number of rotatable bonds is 5. The molecular weight excluding hydrogens is 248 g/mol. The van der Waals surface area contributed by atoms with Crippen LogP contribution in [0.4, 0.5) is 5.69 Å². The average Bonchev–Trinajstić information content (AvgIpc) is 2.42. The summed E-state index contributed by atoms with van der Waals surface area (Å²) >= 11 is 0. The van der Waals surface area contributed by atoms with Crippen LogP contribution < -0.4 is 15.0 Å². The number of amides is 1. The van der Waals surface area contributed by atoms with Crippen molar-refractivity contribution in [2.24, 2.45) is 0 Å². The number of hydrogen-bond acceptors (Lipinski definition) is 5. The molecular formula is C13H18N2O4. The van der Waals surface area contributed by atoms with Gasteiger partial charge >= 0.3 is 0 Å². The van der Waals surface area contributed by atoms with E-state index in [0.717, 1.165) is 5.56 Å². The molecule has 0 fully saturated rings. The lowest BCUT2D eigenvalue weighted by molar-refractivity contribution is -0.121. The van der Waals surface area contributed by atoms with Crippen LogP contribution in [0.5, 0.6) is 5.75 Å². The topological polar surface area (TPSA) is 82.0 Å². The summed E-state index contributed by atoms with van der Waals surface area (Å²) in [6.45, 7) is 0.319. The molecule has 19 heavy (non-hydrogen) atoms. The van der Waals surface area contributed by atoms with E-state index in [1.54, 1.807) is 0 Å². The van der Waals surface area contributed by atoms with E-state index in [0.29, 0.717) is 18.0 Å². The van der Waals surface area contributed by atoms with Crippen LogP contribution >= 0.6 is 0 Å². The minimum Gasteiger partial charge on any atom is -0.482 e. The Kier molecular flexibility index (Phi) is 4.36. The predicted molar refractivity (Wildman–Crippen MR) is 70.1 cm³/mol. The third kappa shape index (κ3) is 3.04. The molecule has 1 aliphatic heterocycles. The van der Waals surface area contributed by atoms with Gasteiger partial charge in [0.2, 0.25) is 0 Å². The van der Waals surface area contributed by atoms with E-state index in [9.17, 15) is 9.90 Å². The van der Waals surface area contributed by atoms with Gasteiger partial charge in [-0.2, -0.15) is 0 Å². The second-order valence-corrected chi connectivity index (χ2v) is 4.46. The third-order valence-corrected chi connectivity index (χ3v) is 2.95. The van der Waals surface area contributed by atoms with Crippen LogP contribution in [0.25, 0.3) is 0 Å². The van der Waals surface area contributed by atoms with E-state index in [1.807, 2.05) is 25.2 Å². The van der Waals surface area contributed by atoms with Crippen LogP contribution in [0.15, 0.2) is 18.2 Å². The Hall–Kier alpha value is -1.63. The summed E-state index contributed by atoms with van der Waals surface area (Å²) in [5, 5.41) is 21.5. The number of aliphatic hydroxyl groups excluding tert-OH is 2. The van der Waals surface area contributed by atoms with Gasteiger partial charge in [-0.3, -0.25) is 4.79 Å². The zero-order valence-corrected chi connectivity index (χ0v) is 10.8. The van der Waals surface area contributed by atoms with Gasteiger partial charge in [-0.1, -0.05) is 6.07 Å². The highest BCUT2D eigenvalue weighted by Gasteiger charge is 2.27. The summed E-state index contributed by atoms with van der Waals surface area (Å²) in [6.07, 6.45) is -0.956. The standard InChI is InChI=1S/C13H18N2O4/c1-14-5-9-2-3-12-11(4-9)15(6-10(17)7-16)13(18)8-19-12/h2-4,10,14,16-17H,5-8H2,1H3. The molecule has 1 aromatic rings. The van der Waals surface area contributed by atoms with Crippen molar-refractivity contribution in [1.82, 2.24) is 5.32 Å². The maximum atomic E-state index is 11.9. The molecule has 6 nitrogen and oxygen atoms in total. The molecule has 0 radical (unpaired) electrons. The van der Waals surface area contributed by atoms with Gasteiger partial charge in [0.1, 0.15) is 5.75 Å². The quantitative estimate of drug-likeness (QED) is 0.668. The van der Waals surface area contributed by atoms with E-state index in [-0.39, 0.29) is 25.7 Å². The van der Waals surface area contributed by atoms with Crippen molar-refractivity contribution in [3.63, 3.8) is 0 Å². The number of nitrogens with zero attached hydrogens (tertiary/aromatic N) is 1. The van der Waals surface area contributed by atoms with Gasteiger partial charge in [-0.15, -0.1) is 0 Å². The second kappa shape index (κ2) is 6.01. The molecule has 3 N–H and O–H groups in total. The lowest BCUT2D eigenvalue weighted by atomic mass is 10.1. The monoisotopic (exact) mass is 266 g/mol.